The summed E-state index contributed by atoms with van der Waals surface area (Å²) in [5, 5.41) is 8.89. The second kappa shape index (κ2) is 9.09. The number of nitrogens with one attached hydrogen (secondary N) is 2. The Labute approximate surface area is 198 Å². The molecule has 2 N–H and O–H groups in total. The summed E-state index contributed by atoms with van der Waals surface area (Å²) in [5.41, 5.74) is 6.82. The predicted molar refractivity (Wildman–Crippen MR) is 133 cm³/mol. The number of fused-ring (bicyclic) bond motifs is 3. The summed E-state index contributed by atoms with van der Waals surface area (Å²) in [6.45, 7) is 6.10. The van der Waals surface area contributed by atoms with Gasteiger partial charge in [0.15, 0.2) is 5.65 Å². The SMILES string of the molecule is CCC(NC(=O)CCc1c(C)nc2c3ccccc3nn2c1C)c1ncc(-c2ccccc2)[nH]1. The molecule has 1 unspecified atom stereocenters. The average Bonchev–Trinajstić information content (AvgIpc) is 3.49. The monoisotopic (exact) mass is 452 g/mol. The first kappa shape index (κ1) is 21.8. The third-order valence-electron chi connectivity index (χ3n) is 6.37. The fraction of sp³-hybridized carbons (Fsp3) is 0.259. The van der Waals surface area contributed by atoms with E-state index in [9.17, 15) is 4.79 Å². The Bertz CT molecular complexity index is 1470. The summed E-state index contributed by atoms with van der Waals surface area (Å²) >= 11 is 0. The van der Waals surface area contributed by atoms with Crippen LogP contribution in [0.2, 0.25) is 0 Å². The van der Waals surface area contributed by atoms with Gasteiger partial charge in [0.25, 0.3) is 0 Å². The van der Waals surface area contributed by atoms with Crippen LogP contribution in [0.15, 0.2) is 60.8 Å². The van der Waals surface area contributed by atoms with E-state index >= 15 is 0 Å². The molecule has 1 atom stereocenters. The highest BCUT2D eigenvalue weighted by Crippen LogP contribution is 2.24. The minimum Gasteiger partial charge on any atom is -0.346 e. The van der Waals surface area contributed by atoms with E-state index < -0.39 is 0 Å². The van der Waals surface area contributed by atoms with Crippen LogP contribution in [0, 0.1) is 13.8 Å². The van der Waals surface area contributed by atoms with Gasteiger partial charge in [0.05, 0.1) is 23.4 Å². The zero-order valence-electron chi connectivity index (χ0n) is 19.7. The van der Waals surface area contributed by atoms with Crippen LogP contribution >= 0.6 is 0 Å². The summed E-state index contributed by atoms with van der Waals surface area (Å²) in [7, 11) is 0. The summed E-state index contributed by atoms with van der Waals surface area (Å²) in [5.74, 6) is 0.766. The quantitative estimate of drug-likeness (QED) is 0.360. The maximum absolute atomic E-state index is 12.9. The van der Waals surface area contributed by atoms with E-state index in [1.54, 1.807) is 0 Å². The molecule has 0 aliphatic carbocycles. The second-order valence-electron chi connectivity index (χ2n) is 8.59. The van der Waals surface area contributed by atoms with E-state index in [2.05, 4.69) is 15.3 Å². The summed E-state index contributed by atoms with van der Waals surface area (Å²) in [6, 6.07) is 17.9. The lowest BCUT2D eigenvalue weighted by molar-refractivity contribution is -0.121. The van der Waals surface area contributed by atoms with Gasteiger partial charge in [-0.1, -0.05) is 49.4 Å². The minimum absolute atomic E-state index is 0.00552. The molecule has 172 valence electrons. The van der Waals surface area contributed by atoms with E-state index in [0.29, 0.717) is 12.8 Å². The highest BCUT2D eigenvalue weighted by atomic mass is 16.1. The van der Waals surface area contributed by atoms with Gasteiger partial charge in [0, 0.05) is 23.2 Å². The van der Waals surface area contributed by atoms with Crippen molar-refractivity contribution in [3.8, 4) is 11.3 Å². The Kier molecular flexibility index (Phi) is 5.84. The number of carbonyl (C=O) groups excluding carboxylic acids is 1. The van der Waals surface area contributed by atoms with Crippen molar-refractivity contribution in [1.82, 2.24) is 29.9 Å². The van der Waals surface area contributed by atoms with Gasteiger partial charge >= 0.3 is 0 Å². The molecule has 1 amide bonds. The molecule has 7 heteroatoms. The summed E-state index contributed by atoms with van der Waals surface area (Å²) < 4.78 is 1.90. The second-order valence-corrected chi connectivity index (χ2v) is 8.59. The molecule has 0 bridgehead atoms. The first-order valence-corrected chi connectivity index (χ1v) is 11.7. The molecule has 3 aromatic heterocycles. The van der Waals surface area contributed by atoms with Crippen LogP contribution in [0.4, 0.5) is 0 Å². The van der Waals surface area contributed by atoms with Crippen molar-refractivity contribution in [1.29, 1.82) is 0 Å². The van der Waals surface area contributed by atoms with Crippen molar-refractivity contribution in [3.05, 3.63) is 83.6 Å². The fourth-order valence-corrected chi connectivity index (χ4v) is 4.49. The Balaban J connectivity index is 1.30. The number of hydrogen-bond acceptors (Lipinski definition) is 4. The first-order valence-electron chi connectivity index (χ1n) is 11.7. The van der Waals surface area contributed by atoms with E-state index in [1.807, 2.05) is 86.1 Å². The van der Waals surface area contributed by atoms with Crippen molar-refractivity contribution in [2.24, 2.45) is 0 Å². The Morgan fingerprint density at radius 3 is 2.65 bits per heavy atom. The van der Waals surface area contributed by atoms with Gasteiger partial charge < -0.3 is 10.3 Å². The molecule has 0 saturated heterocycles. The predicted octanol–water partition coefficient (Wildman–Crippen LogP) is 5.09. The number of rotatable bonds is 7. The van der Waals surface area contributed by atoms with Crippen molar-refractivity contribution in [2.45, 2.75) is 46.1 Å². The topological polar surface area (TPSA) is 88.0 Å². The minimum atomic E-state index is -0.163. The van der Waals surface area contributed by atoms with Crippen molar-refractivity contribution in [2.75, 3.05) is 0 Å². The molecule has 0 aliphatic heterocycles. The van der Waals surface area contributed by atoms with Crippen LogP contribution in [0.5, 0.6) is 0 Å². The van der Waals surface area contributed by atoms with Gasteiger partial charge in [-0.15, -0.1) is 0 Å². The molecular weight excluding hydrogens is 424 g/mol. The Hall–Kier alpha value is -4.00. The molecule has 34 heavy (non-hydrogen) atoms. The number of hydrogen-bond donors (Lipinski definition) is 2. The third kappa shape index (κ3) is 4.05. The molecular formula is C27H28N6O. The number of aromatic nitrogens is 5. The average molecular weight is 453 g/mol. The number of benzene rings is 2. The van der Waals surface area contributed by atoms with Crippen LogP contribution in [-0.2, 0) is 11.2 Å². The van der Waals surface area contributed by atoms with Crippen molar-refractivity contribution >= 4 is 22.5 Å². The van der Waals surface area contributed by atoms with Crippen LogP contribution in [0.3, 0.4) is 0 Å². The molecule has 0 fully saturated rings. The molecule has 5 rings (SSSR count). The molecule has 3 heterocycles. The zero-order chi connectivity index (χ0) is 23.7. The van der Waals surface area contributed by atoms with Gasteiger partial charge in [-0.3, -0.25) is 4.79 Å². The molecule has 5 aromatic rings. The Morgan fingerprint density at radius 2 is 1.85 bits per heavy atom. The van der Waals surface area contributed by atoms with E-state index in [0.717, 1.165) is 57.0 Å². The lowest BCUT2D eigenvalue weighted by Gasteiger charge is -2.16. The number of aromatic amines is 1. The standard InChI is InChI=1S/C27H28N6O/c1-4-22(26-28-16-24(31-26)19-10-6-5-7-11-19)30-25(34)15-14-20-17(2)29-27-21-12-8-9-13-23(21)32-33(27)18(20)3/h5-13,16,22H,4,14-15H2,1-3H3,(H,28,31)(H,30,34). The number of amides is 1. The lowest BCUT2D eigenvalue weighted by atomic mass is 10.1. The summed E-state index contributed by atoms with van der Waals surface area (Å²) in [6.07, 6.45) is 3.55. The van der Waals surface area contributed by atoms with Crippen LogP contribution < -0.4 is 5.32 Å². The number of nitrogens with zero attached hydrogens (tertiary/aromatic N) is 4. The third-order valence-corrected chi connectivity index (χ3v) is 6.37. The van der Waals surface area contributed by atoms with Gasteiger partial charge in [-0.2, -0.15) is 5.10 Å². The van der Waals surface area contributed by atoms with Gasteiger partial charge in [0.2, 0.25) is 5.91 Å². The highest BCUT2D eigenvalue weighted by molar-refractivity contribution is 5.92. The number of carbonyl (C=O) groups is 1. The molecule has 0 aliphatic rings. The number of aryl methyl sites for hydroxylation is 2. The number of H-pyrrole nitrogens is 1. The van der Waals surface area contributed by atoms with E-state index in [1.165, 1.54) is 0 Å². The smallest absolute Gasteiger partial charge is 0.220 e. The van der Waals surface area contributed by atoms with Crippen LogP contribution in [-0.4, -0.2) is 30.5 Å². The van der Waals surface area contributed by atoms with Gasteiger partial charge in [0.1, 0.15) is 5.82 Å². The van der Waals surface area contributed by atoms with Crippen LogP contribution in [0.25, 0.3) is 27.8 Å². The maximum atomic E-state index is 12.9. The molecule has 7 nitrogen and oxygen atoms in total. The van der Waals surface area contributed by atoms with Gasteiger partial charge in [-0.05, 0) is 49.9 Å². The number of imidazole rings is 1. The van der Waals surface area contributed by atoms with Crippen molar-refractivity contribution in [3.63, 3.8) is 0 Å². The molecule has 0 saturated carbocycles. The fourth-order valence-electron chi connectivity index (χ4n) is 4.49. The lowest BCUT2D eigenvalue weighted by Crippen LogP contribution is -2.29. The van der Waals surface area contributed by atoms with Gasteiger partial charge in [-0.25, -0.2) is 14.5 Å². The highest BCUT2D eigenvalue weighted by Gasteiger charge is 2.18. The zero-order valence-corrected chi connectivity index (χ0v) is 19.7. The maximum Gasteiger partial charge on any atom is 0.220 e. The largest absolute Gasteiger partial charge is 0.346 e. The van der Waals surface area contributed by atoms with E-state index in [-0.39, 0.29) is 11.9 Å². The normalized spacial score (nSPS) is 12.3. The van der Waals surface area contributed by atoms with Crippen LogP contribution in [0.1, 0.15) is 48.6 Å². The first-order chi connectivity index (χ1) is 16.5. The molecule has 2 aromatic carbocycles. The summed E-state index contributed by atoms with van der Waals surface area (Å²) in [4.78, 5) is 25.6. The molecule has 0 radical (unpaired) electrons. The van der Waals surface area contributed by atoms with Crippen molar-refractivity contribution < 1.29 is 4.79 Å². The molecule has 0 spiro atoms. The van der Waals surface area contributed by atoms with E-state index in [4.69, 9.17) is 10.1 Å². The Morgan fingerprint density at radius 1 is 1.09 bits per heavy atom.